The van der Waals surface area contributed by atoms with E-state index >= 15 is 0 Å². The van der Waals surface area contributed by atoms with Gasteiger partial charge in [-0.25, -0.2) is 9.48 Å². The summed E-state index contributed by atoms with van der Waals surface area (Å²) in [7, 11) is 1.73. The summed E-state index contributed by atoms with van der Waals surface area (Å²) in [4.78, 5) is 37.3. The van der Waals surface area contributed by atoms with Gasteiger partial charge in [-0.05, 0) is 49.7 Å². The zero-order chi connectivity index (χ0) is 22.4. The predicted octanol–water partition coefficient (Wildman–Crippen LogP) is 3.07. The number of carbonyl (C=O) groups is 2. The van der Waals surface area contributed by atoms with Crippen molar-refractivity contribution >= 4 is 17.6 Å². The summed E-state index contributed by atoms with van der Waals surface area (Å²) in [6.45, 7) is 3.82. The molecule has 0 atom stereocenters. The molecule has 1 heterocycles. The maximum atomic E-state index is 12.8. The number of hydrogen-bond donors (Lipinski definition) is 1. The molecule has 8 heteroatoms. The number of para-hydroxylation sites is 1. The van der Waals surface area contributed by atoms with Gasteiger partial charge < -0.3 is 14.8 Å². The number of hydrogen-bond acceptors (Lipinski definition) is 5. The Kier molecular flexibility index (Phi) is 6.92. The van der Waals surface area contributed by atoms with Gasteiger partial charge in [0.1, 0.15) is 11.4 Å². The van der Waals surface area contributed by atoms with Crippen LogP contribution in [-0.4, -0.2) is 34.5 Å². The molecule has 0 unspecified atom stereocenters. The third-order valence-corrected chi connectivity index (χ3v) is 4.72. The van der Waals surface area contributed by atoms with Crippen LogP contribution in [0.3, 0.4) is 0 Å². The van der Waals surface area contributed by atoms with Crippen molar-refractivity contribution in [3.05, 3.63) is 76.2 Å². The van der Waals surface area contributed by atoms with E-state index in [0.717, 1.165) is 6.42 Å². The van der Waals surface area contributed by atoms with Crippen LogP contribution < -0.4 is 15.6 Å². The van der Waals surface area contributed by atoms with Crippen LogP contribution in [0.1, 0.15) is 29.4 Å². The number of anilines is 1. The molecule has 0 aliphatic rings. The van der Waals surface area contributed by atoms with Gasteiger partial charge in [-0.2, -0.15) is 0 Å². The molecule has 0 radical (unpaired) electrons. The second-order valence-electron chi connectivity index (χ2n) is 6.93. The molecule has 0 spiro atoms. The summed E-state index contributed by atoms with van der Waals surface area (Å²) in [5, 5.41) is 2.56. The fraction of sp³-hybridized carbons (Fsp3) is 0.261. The molecular weight excluding hydrogens is 398 g/mol. The molecule has 162 valence electrons. The monoisotopic (exact) mass is 423 g/mol. The number of benzene rings is 2. The number of amides is 1. The standard InChI is InChI=1S/C23H25N3O5/c1-4-14-30-19-12-10-17(11-13-19)23(29)31-15-20(27)24-21-16(2)25(3)26(22(21)28)18-8-6-5-7-9-18/h5-13H,4,14-15H2,1-3H3,(H,24,27). The van der Waals surface area contributed by atoms with Crippen LogP contribution >= 0.6 is 0 Å². The Hall–Kier alpha value is -3.81. The highest BCUT2D eigenvalue weighted by molar-refractivity contribution is 5.95. The minimum absolute atomic E-state index is 0.143. The highest BCUT2D eigenvalue weighted by Crippen LogP contribution is 2.15. The number of esters is 1. The number of aromatic nitrogens is 2. The number of nitrogens with one attached hydrogen (secondary N) is 1. The van der Waals surface area contributed by atoms with Gasteiger partial charge >= 0.3 is 5.97 Å². The molecule has 31 heavy (non-hydrogen) atoms. The first kappa shape index (κ1) is 21.9. The van der Waals surface area contributed by atoms with Gasteiger partial charge in [-0.3, -0.25) is 14.3 Å². The van der Waals surface area contributed by atoms with Crippen LogP contribution in [0.15, 0.2) is 59.4 Å². The van der Waals surface area contributed by atoms with Crippen LogP contribution in [-0.2, 0) is 16.6 Å². The van der Waals surface area contributed by atoms with Crippen LogP contribution in [0.5, 0.6) is 5.75 Å². The summed E-state index contributed by atoms with van der Waals surface area (Å²) in [6.07, 6.45) is 0.885. The third-order valence-electron chi connectivity index (χ3n) is 4.72. The summed E-state index contributed by atoms with van der Waals surface area (Å²) < 4.78 is 13.7. The van der Waals surface area contributed by atoms with E-state index in [4.69, 9.17) is 9.47 Å². The van der Waals surface area contributed by atoms with Crippen molar-refractivity contribution in [3.8, 4) is 11.4 Å². The maximum absolute atomic E-state index is 12.8. The molecule has 1 aromatic heterocycles. The smallest absolute Gasteiger partial charge is 0.338 e. The van der Waals surface area contributed by atoms with Gasteiger partial charge in [0.2, 0.25) is 0 Å². The molecule has 8 nitrogen and oxygen atoms in total. The molecule has 0 aliphatic carbocycles. The molecular formula is C23H25N3O5. The maximum Gasteiger partial charge on any atom is 0.338 e. The number of rotatable bonds is 8. The van der Waals surface area contributed by atoms with Gasteiger partial charge in [0, 0.05) is 7.05 Å². The van der Waals surface area contributed by atoms with Crippen LogP contribution in [0, 0.1) is 6.92 Å². The van der Waals surface area contributed by atoms with E-state index < -0.39 is 18.5 Å². The summed E-state index contributed by atoms with van der Waals surface area (Å²) in [6, 6.07) is 15.6. The molecule has 3 rings (SSSR count). The molecule has 0 saturated heterocycles. The zero-order valence-corrected chi connectivity index (χ0v) is 17.8. The average Bonchev–Trinajstić information content (AvgIpc) is 3.00. The quantitative estimate of drug-likeness (QED) is 0.562. The first-order chi connectivity index (χ1) is 14.9. The highest BCUT2D eigenvalue weighted by Gasteiger charge is 2.19. The molecule has 2 aromatic carbocycles. The second kappa shape index (κ2) is 9.80. The predicted molar refractivity (Wildman–Crippen MR) is 117 cm³/mol. The molecule has 0 aliphatic heterocycles. The van der Waals surface area contributed by atoms with Crippen molar-refractivity contribution in [2.75, 3.05) is 18.5 Å². The molecule has 1 amide bonds. The molecule has 0 fully saturated rings. The lowest BCUT2D eigenvalue weighted by molar-refractivity contribution is -0.119. The lowest BCUT2D eigenvalue weighted by atomic mass is 10.2. The minimum Gasteiger partial charge on any atom is -0.494 e. The average molecular weight is 423 g/mol. The van der Waals surface area contributed by atoms with Crippen LogP contribution in [0.25, 0.3) is 5.69 Å². The molecule has 0 saturated carbocycles. The Labute approximate surface area is 180 Å². The van der Waals surface area contributed by atoms with Crippen molar-refractivity contribution in [2.24, 2.45) is 7.05 Å². The van der Waals surface area contributed by atoms with Crippen LogP contribution in [0.4, 0.5) is 5.69 Å². The van der Waals surface area contributed by atoms with Gasteiger partial charge in [-0.15, -0.1) is 0 Å². The van der Waals surface area contributed by atoms with Crippen molar-refractivity contribution in [1.82, 2.24) is 9.36 Å². The van der Waals surface area contributed by atoms with E-state index in [9.17, 15) is 14.4 Å². The second-order valence-corrected chi connectivity index (χ2v) is 6.93. The first-order valence-corrected chi connectivity index (χ1v) is 9.96. The number of ether oxygens (including phenoxy) is 2. The van der Waals surface area contributed by atoms with E-state index in [-0.39, 0.29) is 11.2 Å². The Balaban J connectivity index is 1.64. The van der Waals surface area contributed by atoms with Crippen molar-refractivity contribution < 1.29 is 19.1 Å². The highest BCUT2D eigenvalue weighted by atomic mass is 16.5. The SMILES string of the molecule is CCCOc1ccc(C(=O)OCC(=O)Nc2c(C)n(C)n(-c3ccccc3)c2=O)cc1. The van der Waals surface area contributed by atoms with Gasteiger partial charge in [0.15, 0.2) is 6.61 Å². The number of nitrogens with zero attached hydrogens (tertiary/aromatic N) is 2. The third kappa shape index (κ3) is 5.03. The Morgan fingerprint density at radius 3 is 2.35 bits per heavy atom. The van der Waals surface area contributed by atoms with E-state index in [1.165, 1.54) is 4.68 Å². The van der Waals surface area contributed by atoms with Crippen molar-refractivity contribution in [1.29, 1.82) is 0 Å². The van der Waals surface area contributed by atoms with E-state index in [1.807, 2.05) is 25.1 Å². The van der Waals surface area contributed by atoms with Crippen molar-refractivity contribution in [2.45, 2.75) is 20.3 Å². The van der Waals surface area contributed by atoms with E-state index in [1.54, 1.807) is 55.1 Å². The molecule has 1 N–H and O–H groups in total. The van der Waals surface area contributed by atoms with E-state index in [2.05, 4.69) is 5.32 Å². The topological polar surface area (TPSA) is 91.6 Å². The van der Waals surface area contributed by atoms with Gasteiger partial charge in [-0.1, -0.05) is 25.1 Å². The van der Waals surface area contributed by atoms with Crippen LogP contribution in [0.2, 0.25) is 0 Å². The van der Waals surface area contributed by atoms with Crippen molar-refractivity contribution in [3.63, 3.8) is 0 Å². The largest absolute Gasteiger partial charge is 0.494 e. The summed E-state index contributed by atoms with van der Waals surface area (Å²) >= 11 is 0. The van der Waals surface area contributed by atoms with Gasteiger partial charge in [0.05, 0.1) is 23.6 Å². The lowest BCUT2D eigenvalue weighted by Gasteiger charge is -2.07. The zero-order valence-electron chi connectivity index (χ0n) is 17.8. The lowest BCUT2D eigenvalue weighted by Crippen LogP contribution is -2.25. The fourth-order valence-corrected chi connectivity index (χ4v) is 3.01. The first-order valence-electron chi connectivity index (χ1n) is 9.96. The molecule has 3 aromatic rings. The van der Waals surface area contributed by atoms with E-state index in [0.29, 0.717) is 29.3 Å². The summed E-state index contributed by atoms with van der Waals surface area (Å²) in [5.41, 5.74) is 1.34. The Bertz CT molecular complexity index is 1110. The number of carbonyl (C=O) groups excluding carboxylic acids is 2. The minimum atomic E-state index is -0.635. The Morgan fingerprint density at radius 1 is 1.03 bits per heavy atom. The Morgan fingerprint density at radius 2 is 1.71 bits per heavy atom. The summed E-state index contributed by atoms with van der Waals surface area (Å²) in [5.74, 6) is -0.573. The van der Waals surface area contributed by atoms with Gasteiger partial charge in [0.25, 0.3) is 11.5 Å². The fourth-order valence-electron chi connectivity index (χ4n) is 3.01. The normalized spacial score (nSPS) is 10.5. The molecule has 0 bridgehead atoms.